The Hall–Kier alpha value is -1.10. The number of carbonyl (C=O) groups is 2. The minimum absolute atomic E-state index is 0.105. The molecule has 0 aromatic carbocycles. The average molecular weight is 240 g/mol. The summed E-state index contributed by atoms with van der Waals surface area (Å²) in [6, 6.07) is -0.202. The fourth-order valence-corrected chi connectivity index (χ4v) is 2.56. The number of hydrogen-bond acceptors (Lipinski definition) is 3. The molecule has 17 heavy (non-hydrogen) atoms. The van der Waals surface area contributed by atoms with Gasteiger partial charge in [0, 0.05) is 32.7 Å². The summed E-state index contributed by atoms with van der Waals surface area (Å²) in [5.74, 6) is 0.229. The van der Waals surface area contributed by atoms with E-state index in [2.05, 4.69) is 0 Å². The van der Waals surface area contributed by atoms with Gasteiger partial charge in [0.1, 0.15) is 6.04 Å². The summed E-state index contributed by atoms with van der Waals surface area (Å²) < 4.78 is 5.27. The molecule has 1 unspecified atom stereocenters. The lowest BCUT2D eigenvalue weighted by Gasteiger charge is -2.25. The molecule has 2 aliphatic rings. The van der Waals surface area contributed by atoms with Crippen LogP contribution in [0.15, 0.2) is 0 Å². The van der Waals surface area contributed by atoms with E-state index in [1.165, 1.54) is 0 Å². The second-order valence-corrected chi connectivity index (χ2v) is 4.52. The molecule has 5 heteroatoms. The number of fused-ring (bicyclic) bond motifs is 1. The molecule has 96 valence electrons. The highest BCUT2D eigenvalue weighted by atomic mass is 16.5. The quantitative estimate of drug-likeness (QED) is 0.662. The van der Waals surface area contributed by atoms with Crippen LogP contribution in [0.4, 0.5) is 0 Å². The van der Waals surface area contributed by atoms with E-state index in [4.69, 9.17) is 4.74 Å². The molecule has 0 N–H and O–H groups in total. The van der Waals surface area contributed by atoms with E-state index < -0.39 is 0 Å². The fraction of sp³-hybridized carbons (Fsp3) is 0.833. The molecule has 2 fully saturated rings. The third-order valence-corrected chi connectivity index (χ3v) is 3.48. The first kappa shape index (κ1) is 12.4. The summed E-state index contributed by atoms with van der Waals surface area (Å²) in [6.07, 6.45) is 2.21. The molecule has 2 amide bonds. The first-order valence-corrected chi connectivity index (χ1v) is 6.40. The fourth-order valence-electron chi connectivity index (χ4n) is 2.56. The van der Waals surface area contributed by atoms with Crippen LogP contribution in [-0.2, 0) is 14.3 Å². The van der Waals surface area contributed by atoms with E-state index in [0.717, 1.165) is 19.4 Å². The topological polar surface area (TPSA) is 49.9 Å². The molecule has 0 radical (unpaired) electrons. The zero-order valence-electron chi connectivity index (χ0n) is 10.4. The van der Waals surface area contributed by atoms with Crippen molar-refractivity contribution < 1.29 is 14.3 Å². The second kappa shape index (κ2) is 5.49. The Morgan fingerprint density at radius 2 is 2.18 bits per heavy atom. The maximum Gasteiger partial charge on any atom is 0.245 e. The molecule has 5 nitrogen and oxygen atoms in total. The van der Waals surface area contributed by atoms with Gasteiger partial charge in [0.25, 0.3) is 0 Å². The predicted octanol–water partition coefficient (Wildman–Crippen LogP) is 0.246. The van der Waals surface area contributed by atoms with Crippen LogP contribution in [0, 0.1) is 0 Å². The van der Waals surface area contributed by atoms with Crippen molar-refractivity contribution in [3.8, 4) is 0 Å². The molecular weight excluding hydrogens is 220 g/mol. The van der Waals surface area contributed by atoms with Crippen molar-refractivity contribution in [2.24, 2.45) is 0 Å². The van der Waals surface area contributed by atoms with E-state index in [-0.39, 0.29) is 17.9 Å². The molecule has 0 saturated carbocycles. The first-order valence-electron chi connectivity index (χ1n) is 6.40. The highest BCUT2D eigenvalue weighted by Crippen LogP contribution is 2.23. The molecular formula is C12H20N2O3. The normalized spacial score (nSPS) is 25.1. The average Bonchev–Trinajstić information content (AvgIpc) is 2.77. The number of hydrogen-bond donors (Lipinski definition) is 0. The number of ether oxygens (including phenoxy) is 1. The van der Waals surface area contributed by atoms with Crippen molar-refractivity contribution in [2.75, 3.05) is 32.8 Å². The SMILES string of the molecule is CCOCCN1CCC(=O)N2CCCC2C1=O. The zero-order valence-corrected chi connectivity index (χ0v) is 10.4. The van der Waals surface area contributed by atoms with Gasteiger partial charge in [0.15, 0.2) is 0 Å². The van der Waals surface area contributed by atoms with Crippen LogP contribution in [0.2, 0.25) is 0 Å². The van der Waals surface area contributed by atoms with Gasteiger partial charge in [-0.1, -0.05) is 0 Å². The van der Waals surface area contributed by atoms with E-state index >= 15 is 0 Å². The van der Waals surface area contributed by atoms with Crippen molar-refractivity contribution in [1.29, 1.82) is 0 Å². The van der Waals surface area contributed by atoms with Crippen molar-refractivity contribution in [2.45, 2.75) is 32.2 Å². The van der Waals surface area contributed by atoms with Crippen molar-refractivity contribution in [1.82, 2.24) is 9.80 Å². The Morgan fingerprint density at radius 3 is 2.94 bits per heavy atom. The van der Waals surface area contributed by atoms with Gasteiger partial charge in [-0.2, -0.15) is 0 Å². The largest absolute Gasteiger partial charge is 0.380 e. The number of rotatable bonds is 4. The number of amides is 2. The lowest BCUT2D eigenvalue weighted by molar-refractivity contribution is -0.139. The molecule has 1 atom stereocenters. The maximum atomic E-state index is 12.2. The smallest absolute Gasteiger partial charge is 0.245 e. The highest BCUT2D eigenvalue weighted by molar-refractivity contribution is 5.90. The lowest BCUT2D eigenvalue weighted by atomic mass is 10.2. The number of nitrogens with zero attached hydrogens (tertiary/aromatic N) is 2. The lowest BCUT2D eigenvalue weighted by Crippen LogP contribution is -2.44. The molecule has 0 spiro atoms. The van der Waals surface area contributed by atoms with E-state index in [9.17, 15) is 9.59 Å². The van der Waals surface area contributed by atoms with Gasteiger partial charge in [-0.15, -0.1) is 0 Å². The molecule has 2 saturated heterocycles. The highest BCUT2D eigenvalue weighted by Gasteiger charge is 2.38. The van der Waals surface area contributed by atoms with Crippen LogP contribution in [0.5, 0.6) is 0 Å². The van der Waals surface area contributed by atoms with Gasteiger partial charge in [0.05, 0.1) is 6.61 Å². The minimum atomic E-state index is -0.202. The van der Waals surface area contributed by atoms with Gasteiger partial charge >= 0.3 is 0 Å². The molecule has 0 aliphatic carbocycles. The zero-order chi connectivity index (χ0) is 12.3. The summed E-state index contributed by atoms with van der Waals surface area (Å²) in [4.78, 5) is 27.6. The van der Waals surface area contributed by atoms with Crippen LogP contribution in [0.25, 0.3) is 0 Å². The Bertz CT molecular complexity index is 306. The third-order valence-electron chi connectivity index (χ3n) is 3.48. The van der Waals surface area contributed by atoms with Crippen molar-refractivity contribution in [3.05, 3.63) is 0 Å². The predicted molar refractivity (Wildman–Crippen MR) is 62.4 cm³/mol. The molecule has 0 aromatic heterocycles. The summed E-state index contributed by atoms with van der Waals surface area (Å²) in [6.45, 7) is 5.04. The van der Waals surface area contributed by atoms with E-state index in [1.807, 2.05) is 6.92 Å². The second-order valence-electron chi connectivity index (χ2n) is 4.52. The Morgan fingerprint density at radius 1 is 1.35 bits per heavy atom. The maximum absolute atomic E-state index is 12.2. The molecule has 2 heterocycles. The van der Waals surface area contributed by atoms with E-state index in [0.29, 0.717) is 32.7 Å². The Balaban J connectivity index is 1.99. The molecule has 0 bridgehead atoms. The third kappa shape index (κ3) is 2.60. The monoisotopic (exact) mass is 240 g/mol. The van der Waals surface area contributed by atoms with Crippen LogP contribution >= 0.6 is 0 Å². The Labute approximate surface area is 102 Å². The molecule has 2 rings (SSSR count). The minimum Gasteiger partial charge on any atom is -0.380 e. The summed E-state index contributed by atoms with van der Waals surface area (Å²) in [7, 11) is 0. The van der Waals surface area contributed by atoms with Crippen LogP contribution in [0.1, 0.15) is 26.2 Å². The van der Waals surface area contributed by atoms with Gasteiger partial charge in [-0.3, -0.25) is 9.59 Å². The van der Waals surface area contributed by atoms with Gasteiger partial charge in [-0.25, -0.2) is 0 Å². The molecule has 2 aliphatic heterocycles. The van der Waals surface area contributed by atoms with Gasteiger partial charge in [0.2, 0.25) is 11.8 Å². The van der Waals surface area contributed by atoms with Gasteiger partial charge in [-0.05, 0) is 19.8 Å². The van der Waals surface area contributed by atoms with Gasteiger partial charge < -0.3 is 14.5 Å². The summed E-state index contributed by atoms with van der Waals surface area (Å²) in [5, 5.41) is 0. The van der Waals surface area contributed by atoms with Crippen molar-refractivity contribution >= 4 is 11.8 Å². The standard InChI is InChI=1S/C12H20N2O3/c1-2-17-9-8-13-7-5-11(15)14-6-3-4-10(14)12(13)16/h10H,2-9H2,1H3. The van der Waals surface area contributed by atoms with Crippen molar-refractivity contribution in [3.63, 3.8) is 0 Å². The van der Waals surface area contributed by atoms with Crippen LogP contribution in [0.3, 0.4) is 0 Å². The first-order chi connectivity index (χ1) is 8.24. The molecule has 0 aromatic rings. The Kier molecular flexibility index (Phi) is 3.99. The van der Waals surface area contributed by atoms with Crippen LogP contribution in [-0.4, -0.2) is 60.5 Å². The summed E-state index contributed by atoms with van der Waals surface area (Å²) >= 11 is 0. The summed E-state index contributed by atoms with van der Waals surface area (Å²) in [5.41, 5.74) is 0. The number of carbonyl (C=O) groups excluding carboxylic acids is 2. The van der Waals surface area contributed by atoms with Crippen LogP contribution < -0.4 is 0 Å². The van der Waals surface area contributed by atoms with E-state index in [1.54, 1.807) is 9.80 Å².